The Labute approximate surface area is 114 Å². The molecule has 0 unspecified atom stereocenters. The van der Waals surface area contributed by atoms with Crippen LogP contribution in [-0.4, -0.2) is 31.8 Å². The van der Waals surface area contributed by atoms with Crippen LogP contribution >= 0.6 is 15.9 Å². The van der Waals surface area contributed by atoms with Crippen molar-refractivity contribution in [3.63, 3.8) is 0 Å². The third kappa shape index (κ3) is 2.51. The van der Waals surface area contributed by atoms with Crippen LogP contribution in [0.3, 0.4) is 0 Å². The smallest absolute Gasteiger partial charge is 0.336 e. The van der Waals surface area contributed by atoms with Gasteiger partial charge in [-0.2, -0.15) is 0 Å². The predicted octanol–water partition coefficient (Wildman–Crippen LogP) is 2.08. The molecular formula is C11H12BrNO4S. The maximum Gasteiger partial charge on any atom is 0.336 e. The summed E-state index contributed by atoms with van der Waals surface area (Å²) in [6.45, 7) is 0.406. The Bertz CT molecular complexity index is 585. The first kappa shape index (κ1) is 13.4. The maximum atomic E-state index is 11.9. The lowest BCUT2D eigenvalue weighted by atomic mass is 10.2. The van der Waals surface area contributed by atoms with E-state index in [4.69, 9.17) is 5.11 Å². The summed E-state index contributed by atoms with van der Waals surface area (Å²) in [7, 11) is -3.31. The van der Waals surface area contributed by atoms with Crippen LogP contribution in [0, 0.1) is 0 Å². The zero-order chi connectivity index (χ0) is 13.3. The van der Waals surface area contributed by atoms with E-state index in [1.165, 1.54) is 10.4 Å². The largest absolute Gasteiger partial charge is 0.478 e. The molecule has 0 radical (unpaired) electrons. The van der Waals surface area contributed by atoms with E-state index >= 15 is 0 Å². The van der Waals surface area contributed by atoms with E-state index in [9.17, 15) is 13.2 Å². The molecule has 7 heteroatoms. The Morgan fingerprint density at radius 1 is 1.33 bits per heavy atom. The number of aromatic carboxylic acids is 1. The SMILES string of the molecule is O=C(O)c1cc(N2CCCCS2(=O)=O)ccc1Br. The minimum absolute atomic E-state index is 0.0632. The molecule has 2 rings (SSSR count). The molecule has 0 aromatic heterocycles. The Kier molecular flexibility index (Phi) is 3.63. The van der Waals surface area contributed by atoms with Gasteiger partial charge in [0.05, 0.1) is 17.0 Å². The maximum absolute atomic E-state index is 11.9. The third-order valence-electron chi connectivity index (χ3n) is 2.82. The zero-order valence-electron chi connectivity index (χ0n) is 9.47. The van der Waals surface area contributed by atoms with E-state index in [1.807, 2.05) is 0 Å². The molecule has 18 heavy (non-hydrogen) atoms. The number of carbonyl (C=O) groups is 1. The van der Waals surface area contributed by atoms with E-state index in [1.54, 1.807) is 12.1 Å². The van der Waals surface area contributed by atoms with E-state index in [0.29, 0.717) is 23.1 Å². The first-order valence-electron chi connectivity index (χ1n) is 5.45. The zero-order valence-corrected chi connectivity index (χ0v) is 11.9. The van der Waals surface area contributed by atoms with Gasteiger partial charge in [-0.05, 0) is 47.0 Å². The lowest BCUT2D eigenvalue weighted by Gasteiger charge is -2.28. The number of halogens is 1. The molecule has 1 aromatic carbocycles. The number of sulfonamides is 1. The molecule has 5 nitrogen and oxygen atoms in total. The van der Waals surface area contributed by atoms with Gasteiger partial charge in [-0.1, -0.05) is 0 Å². The molecule has 1 N–H and O–H groups in total. The van der Waals surface area contributed by atoms with Gasteiger partial charge < -0.3 is 5.11 Å². The molecule has 0 amide bonds. The number of nitrogens with zero attached hydrogens (tertiary/aromatic N) is 1. The molecular weight excluding hydrogens is 322 g/mol. The van der Waals surface area contributed by atoms with Crippen LogP contribution in [0.1, 0.15) is 23.2 Å². The van der Waals surface area contributed by atoms with Crippen LogP contribution in [0.4, 0.5) is 5.69 Å². The molecule has 1 aromatic rings. The second kappa shape index (κ2) is 4.89. The second-order valence-electron chi connectivity index (χ2n) is 4.06. The third-order valence-corrected chi connectivity index (χ3v) is 5.38. The number of hydrogen-bond acceptors (Lipinski definition) is 3. The van der Waals surface area contributed by atoms with Crippen molar-refractivity contribution in [2.24, 2.45) is 0 Å². The van der Waals surface area contributed by atoms with E-state index in [0.717, 1.165) is 6.42 Å². The average molecular weight is 334 g/mol. The number of carboxylic acids is 1. The van der Waals surface area contributed by atoms with Crippen LogP contribution in [0.2, 0.25) is 0 Å². The minimum Gasteiger partial charge on any atom is -0.478 e. The Morgan fingerprint density at radius 2 is 2.06 bits per heavy atom. The lowest BCUT2D eigenvalue weighted by Crippen LogP contribution is -2.37. The minimum atomic E-state index is -3.31. The standard InChI is InChI=1S/C11H12BrNO4S/c12-10-4-3-8(7-9(10)11(14)15)13-5-1-2-6-18(13,16)17/h3-4,7H,1-2,5-6H2,(H,14,15). The number of rotatable bonds is 2. The molecule has 1 fully saturated rings. The Balaban J connectivity index is 2.45. The molecule has 1 saturated heterocycles. The number of benzene rings is 1. The van der Waals surface area contributed by atoms with Crippen molar-refractivity contribution in [2.45, 2.75) is 12.8 Å². The highest BCUT2D eigenvalue weighted by Gasteiger charge is 2.26. The van der Waals surface area contributed by atoms with Crippen molar-refractivity contribution >= 4 is 37.6 Å². The molecule has 0 saturated carbocycles. The fourth-order valence-electron chi connectivity index (χ4n) is 1.91. The predicted molar refractivity (Wildman–Crippen MR) is 71.5 cm³/mol. The Morgan fingerprint density at radius 3 is 2.67 bits per heavy atom. The first-order valence-corrected chi connectivity index (χ1v) is 7.85. The molecule has 1 heterocycles. The highest BCUT2D eigenvalue weighted by Crippen LogP contribution is 2.28. The summed E-state index contributed by atoms with van der Waals surface area (Å²) in [6, 6.07) is 4.55. The number of carboxylic acid groups (broad SMARTS) is 1. The first-order chi connectivity index (χ1) is 8.42. The summed E-state index contributed by atoms with van der Waals surface area (Å²) in [5, 5.41) is 9.02. The van der Waals surface area contributed by atoms with Gasteiger partial charge in [0.15, 0.2) is 0 Å². The van der Waals surface area contributed by atoms with E-state index in [-0.39, 0.29) is 11.3 Å². The molecule has 0 bridgehead atoms. The number of anilines is 1. The van der Waals surface area contributed by atoms with Gasteiger partial charge in [0, 0.05) is 11.0 Å². The highest BCUT2D eigenvalue weighted by molar-refractivity contribution is 9.10. The molecule has 1 aliphatic heterocycles. The van der Waals surface area contributed by atoms with Crippen molar-refractivity contribution < 1.29 is 18.3 Å². The molecule has 0 spiro atoms. The quantitative estimate of drug-likeness (QED) is 0.899. The number of hydrogen-bond donors (Lipinski definition) is 1. The van der Waals surface area contributed by atoms with Gasteiger partial charge in [-0.3, -0.25) is 4.31 Å². The van der Waals surface area contributed by atoms with Gasteiger partial charge in [0.1, 0.15) is 0 Å². The Hall–Kier alpha value is -1.08. The van der Waals surface area contributed by atoms with Crippen LogP contribution in [0.5, 0.6) is 0 Å². The van der Waals surface area contributed by atoms with Crippen LogP contribution < -0.4 is 4.31 Å². The van der Waals surface area contributed by atoms with Crippen LogP contribution in [0.25, 0.3) is 0 Å². The topological polar surface area (TPSA) is 74.7 Å². The molecule has 1 aliphatic rings. The fraction of sp³-hybridized carbons (Fsp3) is 0.364. The fourth-order valence-corrected chi connectivity index (χ4v) is 3.96. The van der Waals surface area contributed by atoms with Crippen molar-refractivity contribution in [1.29, 1.82) is 0 Å². The summed E-state index contributed by atoms with van der Waals surface area (Å²) in [4.78, 5) is 11.0. The lowest BCUT2D eigenvalue weighted by molar-refractivity contribution is 0.0696. The molecule has 0 atom stereocenters. The van der Waals surface area contributed by atoms with E-state index in [2.05, 4.69) is 15.9 Å². The average Bonchev–Trinajstić information content (AvgIpc) is 2.29. The second-order valence-corrected chi connectivity index (χ2v) is 6.93. The molecule has 0 aliphatic carbocycles. The van der Waals surface area contributed by atoms with Crippen LogP contribution in [0.15, 0.2) is 22.7 Å². The van der Waals surface area contributed by atoms with Crippen LogP contribution in [-0.2, 0) is 10.0 Å². The summed E-state index contributed by atoms with van der Waals surface area (Å²) in [6.07, 6.45) is 1.44. The summed E-state index contributed by atoms with van der Waals surface area (Å²) in [5.41, 5.74) is 0.476. The summed E-state index contributed by atoms with van der Waals surface area (Å²) < 4.78 is 25.6. The van der Waals surface area contributed by atoms with Gasteiger partial charge in [0.25, 0.3) is 0 Å². The summed E-state index contributed by atoms with van der Waals surface area (Å²) in [5.74, 6) is -0.969. The van der Waals surface area contributed by atoms with Gasteiger partial charge in [-0.15, -0.1) is 0 Å². The van der Waals surface area contributed by atoms with Crippen molar-refractivity contribution in [2.75, 3.05) is 16.6 Å². The van der Waals surface area contributed by atoms with Crippen molar-refractivity contribution in [3.05, 3.63) is 28.2 Å². The normalized spacial score (nSPS) is 18.6. The summed E-state index contributed by atoms with van der Waals surface area (Å²) >= 11 is 3.13. The van der Waals surface area contributed by atoms with Gasteiger partial charge in [-0.25, -0.2) is 13.2 Å². The van der Waals surface area contributed by atoms with Gasteiger partial charge >= 0.3 is 5.97 Å². The van der Waals surface area contributed by atoms with Crippen molar-refractivity contribution in [1.82, 2.24) is 0 Å². The van der Waals surface area contributed by atoms with Gasteiger partial charge in [0.2, 0.25) is 10.0 Å². The molecule has 98 valence electrons. The van der Waals surface area contributed by atoms with E-state index < -0.39 is 16.0 Å². The monoisotopic (exact) mass is 333 g/mol. The van der Waals surface area contributed by atoms with Crippen molar-refractivity contribution in [3.8, 4) is 0 Å². The highest BCUT2D eigenvalue weighted by atomic mass is 79.9.